The summed E-state index contributed by atoms with van der Waals surface area (Å²) in [6.07, 6.45) is 3.56. The number of rotatable bonds is 6. The number of benzene rings is 2. The number of hydrogen-bond acceptors (Lipinski definition) is 6. The highest BCUT2D eigenvalue weighted by molar-refractivity contribution is 5.58. The molecule has 1 aliphatic heterocycles. The van der Waals surface area contributed by atoms with E-state index >= 15 is 0 Å². The van der Waals surface area contributed by atoms with Crippen LogP contribution in [0.4, 0.5) is 17.6 Å². The van der Waals surface area contributed by atoms with Crippen LogP contribution >= 0.6 is 0 Å². The van der Waals surface area contributed by atoms with Crippen LogP contribution < -0.4 is 11.1 Å². The summed E-state index contributed by atoms with van der Waals surface area (Å²) in [4.78, 5) is 15.6. The van der Waals surface area contributed by atoms with Crippen molar-refractivity contribution in [3.8, 4) is 0 Å². The van der Waals surface area contributed by atoms with Crippen molar-refractivity contribution >= 4 is 17.6 Å². The highest BCUT2D eigenvalue weighted by Gasteiger charge is 2.20. The Balaban J connectivity index is 1.35. The number of hydrogen-bond donors (Lipinski definition) is 2. The van der Waals surface area contributed by atoms with Gasteiger partial charge in [0.05, 0.1) is 6.54 Å². The first kappa shape index (κ1) is 19.3. The lowest BCUT2D eigenvalue weighted by atomic mass is 9.90. The third kappa shape index (κ3) is 5.29. The molecule has 1 aliphatic rings. The molecule has 29 heavy (non-hydrogen) atoms. The van der Waals surface area contributed by atoms with Gasteiger partial charge < -0.3 is 11.1 Å². The topological polar surface area (TPSA) is 80.0 Å². The van der Waals surface area contributed by atoms with Gasteiger partial charge in [0.2, 0.25) is 11.9 Å². The van der Waals surface area contributed by atoms with Gasteiger partial charge in [-0.15, -0.1) is 0 Å². The number of likely N-dealkylation sites (tertiary alicyclic amines) is 1. The molecule has 2 heterocycles. The third-order valence-electron chi connectivity index (χ3n) is 5.53. The van der Waals surface area contributed by atoms with Crippen LogP contribution in [0.25, 0.3) is 0 Å². The van der Waals surface area contributed by atoms with E-state index in [4.69, 9.17) is 5.73 Å². The van der Waals surface area contributed by atoms with Crippen LogP contribution in [0.1, 0.15) is 29.8 Å². The number of nitrogens with two attached hydrogens (primary N) is 1. The van der Waals surface area contributed by atoms with Gasteiger partial charge in [-0.25, -0.2) is 0 Å². The van der Waals surface area contributed by atoms with Crippen LogP contribution in [0.2, 0.25) is 0 Å². The van der Waals surface area contributed by atoms with Crippen molar-refractivity contribution in [2.45, 2.75) is 32.7 Å². The van der Waals surface area contributed by atoms with Gasteiger partial charge >= 0.3 is 0 Å². The molecule has 1 saturated heterocycles. The van der Waals surface area contributed by atoms with Gasteiger partial charge in [-0.2, -0.15) is 15.0 Å². The molecule has 2 aromatic carbocycles. The Bertz CT molecular complexity index is 935. The zero-order valence-corrected chi connectivity index (χ0v) is 16.9. The van der Waals surface area contributed by atoms with Crippen molar-refractivity contribution in [1.29, 1.82) is 0 Å². The zero-order valence-electron chi connectivity index (χ0n) is 16.9. The second kappa shape index (κ2) is 9.01. The first-order valence-corrected chi connectivity index (χ1v) is 10.2. The van der Waals surface area contributed by atoms with Crippen LogP contribution in [-0.4, -0.2) is 32.9 Å². The summed E-state index contributed by atoms with van der Waals surface area (Å²) in [6, 6.07) is 18.8. The summed E-state index contributed by atoms with van der Waals surface area (Å²) in [5, 5.41) is 3.26. The monoisotopic (exact) mass is 388 g/mol. The summed E-state index contributed by atoms with van der Waals surface area (Å²) < 4.78 is 0. The number of nitrogens with zero attached hydrogens (tertiary/aromatic N) is 4. The predicted molar refractivity (Wildman–Crippen MR) is 117 cm³/mol. The number of anilines is 3. The smallest absolute Gasteiger partial charge is 0.232 e. The number of nitrogen functional groups attached to an aromatic ring is 1. The fourth-order valence-electron chi connectivity index (χ4n) is 3.89. The highest BCUT2D eigenvalue weighted by Crippen LogP contribution is 2.23. The summed E-state index contributed by atoms with van der Waals surface area (Å²) in [5.74, 6) is 2.22. The zero-order chi connectivity index (χ0) is 20.1. The molecule has 1 fully saturated rings. The van der Waals surface area contributed by atoms with Crippen molar-refractivity contribution in [2.24, 2.45) is 5.92 Å². The molecule has 4 rings (SSSR count). The molecule has 0 bridgehead atoms. The maximum absolute atomic E-state index is 5.94. The van der Waals surface area contributed by atoms with Gasteiger partial charge in [0, 0.05) is 5.69 Å². The van der Waals surface area contributed by atoms with E-state index < -0.39 is 0 Å². The summed E-state index contributed by atoms with van der Waals surface area (Å²) >= 11 is 0. The minimum Gasteiger partial charge on any atom is -0.368 e. The van der Waals surface area contributed by atoms with E-state index in [1.54, 1.807) is 0 Å². The molecule has 3 aromatic rings. The van der Waals surface area contributed by atoms with Crippen molar-refractivity contribution < 1.29 is 0 Å². The molecule has 0 radical (unpaired) electrons. The average molecular weight is 389 g/mol. The second-order valence-electron chi connectivity index (χ2n) is 7.78. The molecule has 6 heteroatoms. The lowest BCUT2D eigenvalue weighted by Gasteiger charge is -2.31. The van der Waals surface area contributed by atoms with Crippen LogP contribution in [0.15, 0.2) is 54.6 Å². The Hall–Kier alpha value is -2.99. The summed E-state index contributed by atoms with van der Waals surface area (Å²) in [7, 11) is 0. The molecule has 0 atom stereocenters. The van der Waals surface area contributed by atoms with Crippen molar-refractivity contribution in [3.05, 3.63) is 71.5 Å². The number of aryl methyl sites for hydroxylation is 1. The molecule has 0 amide bonds. The first-order chi connectivity index (χ1) is 14.2. The molecule has 150 valence electrons. The standard InChI is InChI=1S/C23H28N6/c1-17-7-5-6-10-20(17)25-23-27-21(26-22(24)28-23)16-29-13-11-19(12-14-29)15-18-8-3-2-4-9-18/h2-10,19H,11-16H2,1H3,(H3,24,25,26,27,28). The number of nitrogens with one attached hydrogen (secondary N) is 1. The SMILES string of the molecule is Cc1ccccc1Nc1nc(N)nc(CN2CCC(Cc3ccccc3)CC2)n1. The van der Waals surface area contributed by atoms with E-state index in [0.717, 1.165) is 42.5 Å². The minimum atomic E-state index is 0.255. The second-order valence-corrected chi connectivity index (χ2v) is 7.78. The van der Waals surface area contributed by atoms with Crippen LogP contribution in [-0.2, 0) is 13.0 Å². The maximum Gasteiger partial charge on any atom is 0.232 e. The van der Waals surface area contributed by atoms with E-state index in [1.807, 2.05) is 31.2 Å². The van der Waals surface area contributed by atoms with Gasteiger partial charge in [-0.1, -0.05) is 48.5 Å². The molecular formula is C23H28N6. The first-order valence-electron chi connectivity index (χ1n) is 10.2. The molecule has 6 nitrogen and oxygen atoms in total. The van der Waals surface area contributed by atoms with Gasteiger partial charge in [-0.3, -0.25) is 4.90 Å². The van der Waals surface area contributed by atoms with E-state index in [0.29, 0.717) is 12.5 Å². The van der Waals surface area contributed by atoms with Gasteiger partial charge in [0.1, 0.15) is 5.82 Å². The van der Waals surface area contributed by atoms with Crippen molar-refractivity contribution in [2.75, 3.05) is 24.1 Å². The van der Waals surface area contributed by atoms with Gasteiger partial charge in [-0.05, 0) is 62.4 Å². The highest BCUT2D eigenvalue weighted by atomic mass is 15.2. The quantitative estimate of drug-likeness (QED) is 0.665. The normalized spacial score (nSPS) is 15.3. The summed E-state index contributed by atoms with van der Waals surface area (Å²) in [6.45, 7) is 4.87. The van der Waals surface area contributed by atoms with Gasteiger partial charge in [0.25, 0.3) is 0 Å². The largest absolute Gasteiger partial charge is 0.368 e. The fourth-order valence-corrected chi connectivity index (χ4v) is 3.89. The van der Waals surface area contributed by atoms with Crippen LogP contribution in [0, 0.1) is 12.8 Å². The van der Waals surface area contributed by atoms with E-state index in [2.05, 4.69) is 55.5 Å². The van der Waals surface area contributed by atoms with E-state index in [9.17, 15) is 0 Å². The van der Waals surface area contributed by atoms with Crippen LogP contribution in [0.3, 0.4) is 0 Å². The Morgan fingerprint density at radius 2 is 1.69 bits per heavy atom. The molecular weight excluding hydrogens is 360 g/mol. The van der Waals surface area contributed by atoms with E-state index in [1.165, 1.54) is 18.4 Å². The number of piperidine rings is 1. The third-order valence-corrected chi connectivity index (χ3v) is 5.53. The van der Waals surface area contributed by atoms with Crippen molar-refractivity contribution in [1.82, 2.24) is 19.9 Å². The summed E-state index contributed by atoms with van der Waals surface area (Å²) in [5.41, 5.74) is 9.49. The Labute approximate surface area is 172 Å². The van der Waals surface area contributed by atoms with Gasteiger partial charge in [0.15, 0.2) is 0 Å². The Morgan fingerprint density at radius 1 is 0.966 bits per heavy atom. The predicted octanol–water partition coefficient (Wildman–Crippen LogP) is 3.96. The lowest BCUT2D eigenvalue weighted by molar-refractivity contribution is 0.173. The Morgan fingerprint density at radius 3 is 2.45 bits per heavy atom. The number of aromatic nitrogens is 3. The average Bonchev–Trinajstić information content (AvgIpc) is 2.72. The Kier molecular flexibility index (Phi) is 6.00. The maximum atomic E-state index is 5.94. The number of para-hydroxylation sites is 1. The molecule has 3 N–H and O–H groups in total. The molecule has 0 spiro atoms. The van der Waals surface area contributed by atoms with Crippen LogP contribution in [0.5, 0.6) is 0 Å². The molecule has 0 saturated carbocycles. The molecule has 1 aromatic heterocycles. The minimum absolute atomic E-state index is 0.255. The van der Waals surface area contributed by atoms with Crippen molar-refractivity contribution in [3.63, 3.8) is 0 Å². The fraction of sp³-hybridized carbons (Fsp3) is 0.348. The molecule has 0 unspecified atom stereocenters. The molecule has 0 aliphatic carbocycles. The lowest BCUT2D eigenvalue weighted by Crippen LogP contribution is -2.34. The van der Waals surface area contributed by atoms with E-state index in [-0.39, 0.29) is 5.95 Å².